The summed E-state index contributed by atoms with van der Waals surface area (Å²) in [6, 6.07) is 9.75. The molecule has 1 aliphatic heterocycles. The Kier molecular flexibility index (Phi) is 3.48. The summed E-state index contributed by atoms with van der Waals surface area (Å²) in [4.78, 5) is 17.6. The van der Waals surface area contributed by atoms with Crippen LogP contribution in [-0.2, 0) is 6.42 Å². The number of pyridine rings is 1. The van der Waals surface area contributed by atoms with Crippen molar-refractivity contribution in [1.29, 1.82) is 0 Å². The molecule has 1 aliphatic rings. The average Bonchev–Trinajstić information content (AvgIpc) is 2.70. The van der Waals surface area contributed by atoms with E-state index in [1.807, 2.05) is 12.1 Å². The van der Waals surface area contributed by atoms with E-state index in [1.165, 1.54) is 11.8 Å². The minimum absolute atomic E-state index is 0.0988. The molecule has 1 aromatic carbocycles. The maximum absolute atomic E-state index is 11.2. The third-order valence-electron chi connectivity index (χ3n) is 3.79. The number of nitrogens with two attached hydrogens (primary N) is 1. The molecular formula is C16H17N3O2. The van der Waals surface area contributed by atoms with Crippen LogP contribution in [0.25, 0.3) is 0 Å². The normalized spacial score (nSPS) is 14.4. The number of anilines is 3. The minimum atomic E-state index is -1.03. The molecule has 0 radical (unpaired) electrons. The van der Waals surface area contributed by atoms with Crippen molar-refractivity contribution in [3.8, 4) is 0 Å². The number of para-hydroxylation sites is 1. The van der Waals surface area contributed by atoms with E-state index < -0.39 is 5.97 Å². The van der Waals surface area contributed by atoms with Gasteiger partial charge in [0.05, 0.1) is 17.4 Å². The zero-order valence-electron chi connectivity index (χ0n) is 11.6. The van der Waals surface area contributed by atoms with Gasteiger partial charge in [-0.1, -0.05) is 18.2 Å². The van der Waals surface area contributed by atoms with Gasteiger partial charge in [-0.15, -0.1) is 0 Å². The molecule has 0 aliphatic carbocycles. The highest BCUT2D eigenvalue weighted by Crippen LogP contribution is 2.32. The van der Waals surface area contributed by atoms with E-state index in [4.69, 9.17) is 5.73 Å². The first kappa shape index (κ1) is 13.4. The molecule has 0 unspecified atom stereocenters. The fourth-order valence-electron chi connectivity index (χ4n) is 2.72. The highest BCUT2D eigenvalue weighted by Gasteiger charge is 2.19. The Morgan fingerprint density at radius 3 is 2.90 bits per heavy atom. The van der Waals surface area contributed by atoms with Crippen LogP contribution in [0.3, 0.4) is 0 Å². The summed E-state index contributed by atoms with van der Waals surface area (Å²) in [6.07, 6.45) is 4.62. The van der Waals surface area contributed by atoms with Gasteiger partial charge >= 0.3 is 5.97 Å². The van der Waals surface area contributed by atoms with Gasteiger partial charge < -0.3 is 15.7 Å². The summed E-state index contributed by atoms with van der Waals surface area (Å²) in [7, 11) is 0. The van der Waals surface area contributed by atoms with Gasteiger partial charge in [0, 0.05) is 12.2 Å². The zero-order chi connectivity index (χ0) is 14.8. The first-order valence-corrected chi connectivity index (χ1v) is 7.01. The lowest BCUT2D eigenvalue weighted by molar-refractivity contribution is 0.0698. The first-order chi connectivity index (χ1) is 10.2. The second kappa shape index (κ2) is 5.44. The van der Waals surface area contributed by atoms with E-state index in [0.717, 1.165) is 31.5 Å². The number of fused-ring (bicyclic) bond motifs is 1. The first-order valence-electron chi connectivity index (χ1n) is 7.01. The van der Waals surface area contributed by atoms with Crippen LogP contribution in [0.2, 0.25) is 0 Å². The Bertz CT molecular complexity index is 685. The maximum atomic E-state index is 11.2. The summed E-state index contributed by atoms with van der Waals surface area (Å²) in [5.41, 5.74) is 8.34. The molecule has 3 N–H and O–H groups in total. The Morgan fingerprint density at radius 2 is 2.10 bits per heavy atom. The molecule has 0 saturated heterocycles. The topological polar surface area (TPSA) is 79.5 Å². The van der Waals surface area contributed by atoms with Crippen LogP contribution in [0, 0.1) is 0 Å². The van der Waals surface area contributed by atoms with Crippen LogP contribution >= 0.6 is 0 Å². The number of rotatable bonds is 2. The minimum Gasteiger partial charge on any atom is -0.478 e. The van der Waals surface area contributed by atoms with Crippen molar-refractivity contribution < 1.29 is 9.90 Å². The maximum Gasteiger partial charge on any atom is 0.337 e. The summed E-state index contributed by atoms with van der Waals surface area (Å²) >= 11 is 0. The van der Waals surface area contributed by atoms with E-state index in [1.54, 1.807) is 6.07 Å². The number of benzene rings is 1. The number of carbonyl (C=O) groups is 1. The van der Waals surface area contributed by atoms with Crippen LogP contribution in [0.4, 0.5) is 17.2 Å². The van der Waals surface area contributed by atoms with Crippen molar-refractivity contribution in [3.63, 3.8) is 0 Å². The number of nitrogens with zero attached hydrogens (tertiary/aromatic N) is 2. The summed E-state index contributed by atoms with van der Waals surface area (Å²) in [5.74, 6) is -0.393. The van der Waals surface area contributed by atoms with E-state index in [0.29, 0.717) is 5.82 Å². The predicted octanol–water partition coefficient (Wildman–Crippen LogP) is 2.84. The van der Waals surface area contributed by atoms with Gasteiger partial charge in [-0.25, -0.2) is 9.78 Å². The van der Waals surface area contributed by atoms with E-state index in [9.17, 15) is 9.90 Å². The van der Waals surface area contributed by atoms with Crippen molar-refractivity contribution >= 4 is 23.2 Å². The van der Waals surface area contributed by atoms with Gasteiger partial charge in [-0.2, -0.15) is 0 Å². The molecule has 21 heavy (non-hydrogen) atoms. The standard InChI is InChI=1S/C16H17N3O2/c17-13-10-18-15(9-12(13)16(20)21)19-8-4-3-6-11-5-1-2-7-14(11)19/h1-2,5,7,9-10H,3-4,6,8,17H2,(H,20,21). The molecule has 0 atom stereocenters. The van der Waals surface area contributed by atoms with Crippen LogP contribution in [-0.4, -0.2) is 22.6 Å². The lowest BCUT2D eigenvalue weighted by Gasteiger charge is -2.24. The van der Waals surface area contributed by atoms with Crippen molar-refractivity contribution in [3.05, 3.63) is 47.7 Å². The highest BCUT2D eigenvalue weighted by atomic mass is 16.4. The smallest absolute Gasteiger partial charge is 0.337 e. The number of carboxylic acid groups (broad SMARTS) is 1. The lowest BCUT2D eigenvalue weighted by Crippen LogP contribution is -2.20. The number of hydrogen-bond acceptors (Lipinski definition) is 4. The van der Waals surface area contributed by atoms with Crippen LogP contribution in [0.5, 0.6) is 0 Å². The summed E-state index contributed by atoms with van der Waals surface area (Å²) in [6.45, 7) is 0.826. The van der Waals surface area contributed by atoms with Gasteiger partial charge in [0.1, 0.15) is 5.82 Å². The monoisotopic (exact) mass is 283 g/mol. The van der Waals surface area contributed by atoms with E-state index in [-0.39, 0.29) is 11.3 Å². The average molecular weight is 283 g/mol. The lowest BCUT2D eigenvalue weighted by atomic mass is 10.1. The number of aromatic carboxylic acids is 1. The Labute approximate surface area is 123 Å². The van der Waals surface area contributed by atoms with Crippen molar-refractivity contribution in [2.75, 3.05) is 17.2 Å². The molecule has 5 nitrogen and oxygen atoms in total. The fraction of sp³-hybridized carbons (Fsp3) is 0.250. The molecule has 0 saturated carbocycles. The second-order valence-corrected chi connectivity index (χ2v) is 5.17. The molecule has 1 aromatic heterocycles. The third-order valence-corrected chi connectivity index (χ3v) is 3.79. The van der Waals surface area contributed by atoms with Gasteiger partial charge in [0.2, 0.25) is 0 Å². The molecule has 2 aromatic rings. The van der Waals surface area contributed by atoms with E-state index in [2.05, 4.69) is 22.0 Å². The van der Waals surface area contributed by atoms with Gasteiger partial charge in [0.15, 0.2) is 0 Å². The quantitative estimate of drug-likeness (QED) is 0.886. The number of aryl methyl sites for hydroxylation is 1. The van der Waals surface area contributed by atoms with Crippen molar-refractivity contribution in [2.24, 2.45) is 0 Å². The van der Waals surface area contributed by atoms with Crippen LogP contribution in [0.15, 0.2) is 36.5 Å². The molecule has 0 bridgehead atoms. The van der Waals surface area contributed by atoms with E-state index >= 15 is 0 Å². The Balaban J connectivity index is 2.08. The number of aromatic nitrogens is 1. The van der Waals surface area contributed by atoms with Crippen molar-refractivity contribution in [2.45, 2.75) is 19.3 Å². The molecule has 5 heteroatoms. The molecule has 3 rings (SSSR count). The largest absolute Gasteiger partial charge is 0.478 e. The fourth-order valence-corrected chi connectivity index (χ4v) is 2.72. The summed E-state index contributed by atoms with van der Waals surface area (Å²) < 4.78 is 0. The predicted molar refractivity (Wildman–Crippen MR) is 82.0 cm³/mol. The van der Waals surface area contributed by atoms with Gasteiger partial charge in [-0.05, 0) is 37.0 Å². The number of carboxylic acids is 1. The molecular weight excluding hydrogens is 266 g/mol. The number of hydrogen-bond donors (Lipinski definition) is 2. The highest BCUT2D eigenvalue weighted by molar-refractivity contribution is 5.94. The molecule has 0 spiro atoms. The number of nitrogen functional groups attached to an aromatic ring is 1. The van der Waals surface area contributed by atoms with Gasteiger partial charge in [0.25, 0.3) is 0 Å². The zero-order valence-corrected chi connectivity index (χ0v) is 11.6. The third kappa shape index (κ3) is 2.54. The Morgan fingerprint density at radius 1 is 1.29 bits per heavy atom. The second-order valence-electron chi connectivity index (χ2n) is 5.17. The molecule has 108 valence electrons. The molecule has 0 fully saturated rings. The molecule has 2 heterocycles. The van der Waals surface area contributed by atoms with Crippen molar-refractivity contribution in [1.82, 2.24) is 4.98 Å². The SMILES string of the molecule is Nc1cnc(N2CCCCc3ccccc32)cc1C(=O)O. The Hall–Kier alpha value is -2.56. The van der Waals surface area contributed by atoms with Crippen LogP contribution < -0.4 is 10.6 Å². The van der Waals surface area contributed by atoms with Crippen LogP contribution in [0.1, 0.15) is 28.8 Å². The molecule has 0 amide bonds. The summed E-state index contributed by atoms with van der Waals surface area (Å²) in [5, 5.41) is 9.21. The van der Waals surface area contributed by atoms with Gasteiger partial charge in [-0.3, -0.25) is 0 Å².